The Bertz CT molecular complexity index is 922. The molecule has 138 valence electrons. The van der Waals surface area contributed by atoms with E-state index in [1.165, 1.54) is 5.56 Å². The van der Waals surface area contributed by atoms with Crippen molar-refractivity contribution in [1.29, 1.82) is 0 Å². The van der Waals surface area contributed by atoms with Crippen LogP contribution in [-0.4, -0.2) is 22.5 Å². The third-order valence-electron chi connectivity index (χ3n) is 3.83. The third kappa shape index (κ3) is 5.04. The van der Waals surface area contributed by atoms with Gasteiger partial charge in [-0.1, -0.05) is 17.7 Å². The van der Waals surface area contributed by atoms with Crippen molar-refractivity contribution in [3.05, 3.63) is 71.5 Å². The summed E-state index contributed by atoms with van der Waals surface area (Å²) in [6, 6.07) is 17.0. The van der Waals surface area contributed by atoms with E-state index in [1.807, 2.05) is 56.3 Å². The van der Waals surface area contributed by atoms with E-state index < -0.39 is 0 Å². The Kier molecular flexibility index (Phi) is 5.66. The number of rotatable bonds is 6. The van der Waals surface area contributed by atoms with Crippen molar-refractivity contribution in [2.45, 2.75) is 20.8 Å². The number of hydrogen-bond donors (Lipinski definition) is 2. The smallest absolute Gasteiger partial charge is 0.338 e. The lowest BCUT2D eigenvalue weighted by Gasteiger charge is -2.11. The zero-order chi connectivity index (χ0) is 19.2. The molecular formula is C21H22N4O2. The summed E-state index contributed by atoms with van der Waals surface area (Å²) in [6.45, 7) is 6.03. The fraction of sp³-hybridized carbons (Fsp3) is 0.190. The Labute approximate surface area is 158 Å². The molecule has 0 unspecified atom stereocenters. The highest BCUT2D eigenvalue weighted by molar-refractivity contribution is 5.89. The normalized spacial score (nSPS) is 10.3. The first kappa shape index (κ1) is 18.4. The highest BCUT2D eigenvalue weighted by Gasteiger charge is 2.07. The molecule has 1 aromatic heterocycles. The van der Waals surface area contributed by atoms with Crippen LogP contribution in [0.1, 0.15) is 28.7 Å². The fourth-order valence-corrected chi connectivity index (χ4v) is 2.53. The second-order valence-electron chi connectivity index (χ2n) is 6.10. The van der Waals surface area contributed by atoms with E-state index in [2.05, 4.69) is 20.6 Å². The number of aromatic nitrogens is 2. The van der Waals surface area contributed by atoms with E-state index >= 15 is 0 Å². The van der Waals surface area contributed by atoms with Gasteiger partial charge in [-0.2, -0.15) is 0 Å². The van der Waals surface area contributed by atoms with E-state index in [0.29, 0.717) is 29.6 Å². The summed E-state index contributed by atoms with van der Waals surface area (Å²) in [6.07, 6.45) is 0. The van der Waals surface area contributed by atoms with Crippen LogP contribution in [0.2, 0.25) is 0 Å². The molecule has 6 heteroatoms. The molecule has 2 aromatic carbocycles. The predicted octanol–water partition coefficient (Wildman–Crippen LogP) is 4.76. The Morgan fingerprint density at radius 3 is 1.93 bits per heavy atom. The van der Waals surface area contributed by atoms with Crippen molar-refractivity contribution in [3.63, 3.8) is 0 Å². The zero-order valence-electron chi connectivity index (χ0n) is 15.6. The number of benzene rings is 2. The average Bonchev–Trinajstić information content (AvgIpc) is 2.64. The molecule has 3 aromatic rings. The SMILES string of the molecule is CCOC(=O)c1ccc(Nc2cc(Nc3ccc(C)cc3)nc(C)n2)cc1. The number of nitrogens with zero attached hydrogens (tertiary/aromatic N) is 2. The van der Waals surface area contributed by atoms with E-state index in [4.69, 9.17) is 4.74 Å². The highest BCUT2D eigenvalue weighted by atomic mass is 16.5. The monoisotopic (exact) mass is 362 g/mol. The van der Waals surface area contributed by atoms with Crippen LogP contribution >= 0.6 is 0 Å². The summed E-state index contributed by atoms with van der Waals surface area (Å²) in [4.78, 5) is 20.6. The molecule has 0 spiro atoms. The molecule has 0 saturated carbocycles. The lowest BCUT2D eigenvalue weighted by molar-refractivity contribution is 0.0526. The molecular weight excluding hydrogens is 340 g/mol. The standard InChI is InChI=1S/C21H22N4O2/c1-4-27-21(26)16-7-11-18(12-8-16)25-20-13-19(22-15(3)23-20)24-17-9-5-14(2)6-10-17/h5-13H,4H2,1-3H3,(H2,22,23,24,25). The second kappa shape index (κ2) is 8.31. The molecule has 0 amide bonds. The molecule has 6 nitrogen and oxygen atoms in total. The summed E-state index contributed by atoms with van der Waals surface area (Å²) >= 11 is 0. The van der Waals surface area contributed by atoms with Crippen LogP contribution in [-0.2, 0) is 4.74 Å². The van der Waals surface area contributed by atoms with Crippen LogP contribution in [0.15, 0.2) is 54.6 Å². The van der Waals surface area contributed by atoms with Gasteiger partial charge in [-0.25, -0.2) is 14.8 Å². The molecule has 0 atom stereocenters. The van der Waals surface area contributed by atoms with Gasteiger partial charge in [0, 0.05) is 17.4 Å². The van der Waals surface area contributed by atoms with Gasteiger partial charge >= 0.3 is 5.97 Å². The van der Waals surface area contributed by atoms with Gasteiger partial charge in [-0.15, -0.1) is 0 Å². The molecule has 2 N–H and O–H groups in total. The molecule has 0 bridgehead atoms. The lowest BCUT2D eigenvalue weighted by Crippen LogP contribution is -2.05. The molecule has 0 fully saturated rings. The first-order valence-electron chi connectivity index (χ1n) is 8.77. The minimum absolute atomic E-state index is 0.327. The number of ether oxygens (including phenoxy) is 1. The summed E-state index contributed by atoms with van der Waals surface area (Å²) < 4.78 is 4.99. The van der Waals surface area contributed by atoms with Gasteiger partial charge in [0.1, 0.15) is 17.5 Å². The molecule has 0 aliphatic carbocycles. The van der Waals surface area contributed by atoms with Crippen LogP contribution in [0.3, 0.4) is 0 Å². The molecule has 0 radical (unpaired) electrons. The Hall–Kier alpha value is -3.41. The molecule has 1 heterocycles. The quantitative estimate of drug-likeness (QED) is 0.616. The summed E-state index contributed by atoms with van der Waals surface area (Å²) in [5, 5.41) is 6.52. The van der Waals surface area contributed by atoms with Crippen molar-refractivity contribution in [1.82, 2.24) is 9.97 Å². The Balaban J connectivity index is 1.74. The predicted molar refractivity (Wildman–Crippen MR) is 107 cm³/mol. The van der Waals surface area contributed by atoms with Crippen LogP contribution in [0.4, 0.5) is 23.0 Å². The second-order valence-corrected chi connectivity index (χ2v) is 6.10. The first-order valence-corrected chi connectivity index (χ1v) is 8.77. The number of carbonyl (C=O) groups excluding carboxylic acids is 1. The molecule has 0 aliphatic heterocycles. The van der Waals surface area contributed by atoms with Crippen molar-refractivity contribution in [2.75, 3.05) is 17.2 Å². The fourth-order valence-electron chi connectivity index (χ4n) is 2.53. The van der Waals surface area contributed by atoms with Crippen LogP contribution in [0.5, 0.6) is 0 Å². The van der Waals surface area contributed by atoms with Gasteiger partial charge in [-0.3, -0.25) is 0 Å². The van der Waals surface area contributed by atoms with Crippen LogP contribution in [0, 0.1) is 13.8 Å². The maximum absolute atomic E-state index is 11.7. The Morgan fingerprint density at radius 2 is 1.41 bits per heavy atom. The molecule has 0 aliphatic rings. The van der Waals surface area contributed by atoms with E-state index in [9.17, 15) is 4.79 Å². The van der Waals surface area contributed by atoms with Crippen molar-refractivity contribution in [3.8, 4) is 0 Å². The average molecular weight is 362 g/mol. The van der Waals surface area contributed by atoms with Crippen molar-refractivity contribution >= 4 is 29.0 Å². The number of esters is 1. The minimum Gasteiger partial charge on any atom is -0.462 e. The maximum atomic E-state index is 11.7. The number of anilines is 4. The largest absolute Gasteiger partial charge is 0.462 e. The van der Waals surface area contributed by atoms with Gasteiger partial charge < -0.3 is 15.4 Å². The molecule has 0 saturated heterocycles. The van der Waals surface area contributed by atoms with Gasteiger partial charge in [0.25, 0.3) is 0 Å². The summed E-state index contributed by atoms with van der Waals surface area (Å²) in [5.41, 5.74) is 3.50. The van der Waals surface area contributed by atoms with E-state index in [0.717, 1.165) is 11.4 Å². The van der Waals surface area contributed by atoms with Crippen LogP contribution in [0.25, 0.3) is 0 Å². The lowest BCUT2D eigenvalue weighted by atomic mass is 10.2. The molecule has 27 heavy (non-hydrogen) atoms. The van der Waals surface area contributed by atoms with Crippen molar-refractivity contribution < 1.29 is 9.53 Å². The van der Waals surface area contributed by atoms with Gasteiger partial charge in [0.05, 0.1) is 12.2 Å². The number of aryl methyl sites for hydroxylation is 2. The summed E-state index contributed by atoms with van der Waals surface area (Å²) in [7, 11) is 0. The highest BCUT2D eigenvalue weighted by Crippen LogP contribution is 2.21. The van der Waals surface area contributed by atoms with E-state index in [-0.39, 0.29) is 5.97 Å². The van der Waals surface area contributed by atoms with Crippen molar-refractivity contribution in [2.24, 2.45) is 0 Å². The topological polar surface area (TPSA) is 76.1 Å². The maximum Gasteiger partial charge on any atom is 0.338 e. The number of hydrogen-bond acceptors (Lipinski definition) is 6. The van der Waals surface area contributed by atoms with E-state index in [1.54, 1.807) is 19.1 Å². The van der Waals surface area contributed by atoms with Gasteiger partial charge in [-0.05, 0) is 57.2 Å². The molecule has 3 rings (SSSR count). The van der Waals surface area contributed by atoms with Gasteiger partial charge in [0.2, 0.25) is 0 Å². The Morgan fingerprint density at radius 1 is 0.889 bits per heavy atom. The van der Waals surface area contributed by atoms with Gasteiger partial charge in [0.15, 0.2) is 0 Å². The third-order valence-corrected chi connectivity index (χ3v) is 3.83. The number of carbonyl (C=O) groups is 1. The zero-order valence-corrected chi connectivity index (χ0v) is 15.6. The minimum atomic E-state index is -0.327. The summed E-state index contributed by atoms with van der Waals surface area (Å²) in [5.74, 6) is 1.70. The number of nitrogens with one attached hydrogen (secondary N) is 2. The first-order chi connectivity index (χ1) is 13.0. The van der Waals surface area contributed by atoms with Crippen LogP contribution < -0.4 is 10.6 Å².